The SMILES string of the molecule is COC(=O)[C@H](c1ccccc1)N1c2ccccc2C=C[C@@H]1c1ccccc1F. The molecular formula is C24H20FNO2. The van der Waals surface area contributed by atoms with Crippen LogP contribution in [0.5, 0.6) is 0 Å². The minimum absolute atomic E-state index is 0.307. The fourth-order valence-electron chi connectivity index (χ4n) is 3.73. The molecule has 28 heavy (non-hydrogen) atoms. The van der Waals surface area contributed by atoms with Crippen LogP contribution in [0.4, 0.5) is 10.1 Å². The van der Waals surface area contributed by atoms with Crippen molar-refractivity contribution < 1.29 is 13.9 Å². The van der Waals surface area contributed by atoms with E-state index in [1.807, 2.05) is 71.6 Å². The van der Waals surface area contributed by atoms with Gasteiger partial charge in [-0.05, 0) is 23.3 Å². The first-order valence-corrected chi connectivity index (χ1v) is 9.13. The van der Waals surface area contributed by atoms with Crippen LogP contribution in [0, 0.1) is 5.82 Å². The molecule has 0 saturated heterocycles. The summed E-state index contributed by atoms with van der Waals surface area (Å²) < 4.78 is 19.8. The average Bonchev–Trinajstić information content (AvgIpc) is 2.75. The van der Waals surface area contributed by atoms with Gasteiger partial charge in [0.05, 0.1) is 13.2 Å². The van der Waals surface area contributed by atoms with Gasteiger partial charge in [-0.1, -0.05) is 78.9 Å². The Morgan fingerprint density at radius 1 is 0.964 bits per heavy atom. The third-order valence-electron chi connectivity index (χ3n) is 5.01. The van der Waals surface area contributed by atoms with Crippen molar-refractivity contribution in [3.05, 3.63) is 107 Å². The van der Waals surface area contributed by atoms with Crippen molar-refractivity contribution in [3.8, 4) is 0 Å². The topological polar surface area (TPSA) is 29.5 Å². The Hall–Kier alpha value is -3.40. The zero-order valence-corrected chi connectivity index (χ0v) is 15.5. The molecule has 3 aromatic rings. The van der Waals surface area contributed by atoms with E-state index < -0.39 is 18.1 Å². The molecule has 3 aromatic carbocycles. The summed E-state index contributed by atoms with van der Waals surface area (Å²) in [6.45, 7) is 0. The zero-order valence-electron chi connectivity index (χ0n) is 15.5. The lowest BCUT2D eigenvalue weighted by atomic mass is 9.92. The van der Waals surface area contributed by atoms with Gasteiger partial charge in [-0.15, -0.1) is 0 Å². The van der Waals surface area contributed by atoms with Gasteiger partial charge in [0.2, 0.25) is 0 Å². The van der Waals surface area contributed by atoms with Gasteiger partial charge in [0, 0.05) is 11.3 Å². The van der Waals surface area contributed by atoms with Gasteiger partial charge in [-0.2, -0.15) is 0 Å². The molecule has 0 unspecified atom stereocenters. The molecule has 0 saturated carbocycles. The molecule has 0 aliphatic carbocycles. The molecule has 0 aromatic heterocycles. The van der Waals surface area contributed by atoms with E-state index in [0.717, 1.165) is 16.8 Å². The number of hydrogen-bond acceptors (Lipinski definition) is 3. The van der Waals surface area contributed by atoms with Gasteiger partial charge >= 0.3 is 5.97 Å². The number of rotatable bonds is 4. The van der Waals surface area contributed by atoms with Crippen LogP contribution >= 0.6 is 0 Å². The van der Waals surface area contributed by atoms with E-state index in [9.17, 15) is 9.18 Å². The number of anilines is 1. The van der Waals surface area contributed by atoms with Gasteiger partial charge in [0.15, 0.2) is 6.04 Å². The predicted octanol–water partition coefficient (Wildman–Crippen LogP) is 5.31. The summed E-state index contributed by atoms with van der Waals surface area (Å²) >= 11 is 0. The van der Waals surface area contributed by atoms with Crippen LogP contribution in [0.25, 0.3) is 6.08 Å². The van der Waals surface area contributed by atoms with Gasteiger partial charge in [0.1, 0.15) is 5.82 Å². The molecule has 1 heterocycles. The Labute approximate surface area is 163 Å². The maximum atomic E-state index is 14.7. The second-order valence-electron chi connectivity index (χ2n) is 6.63. The Kier molecular flexibility index (Phi) is 4.94. The van der Waals surface area contributed by atoms with Crippen molar-refractivity contribution in [1.82, 2.24) is 0 Å². The van der Waals surface area contributed by atoms with E-state index >= 15 is 0 Å². The Bertz CT molecular complexity index is 1020. The van der Waals surface area contributed by atoms with Crippen LogP contribution in [-0.4, -0.2) is 13.1 Å². The third kappa shape index (κ3) is 3.18. The van der Waals surface area contributed by atoms with E-state index in [1.54, 1.807) is 18.2 Å². The minimum atomic E-state index is -0.707. The Morgan fingerprint density at radius 2 is 1.64 bits per heavy atom. The second-order valence-corrected chi connectivity index (χ2v) is 6.63. The first kappa shape index (κ1) is 18.0. The molecule has 2 atom stereocenters. The van der Waals surface area contributed by atoms with Gasteiger partial charge < -0.3 is 9.64 Å². The van der Waals surface area contributed by atoms with E-state index in [4.69, 9.17) is 4.74 Å². The lowest BCUT2D eigenvalue weighted by Crippen LogP contribution is -2.39. The average molecular weight is 373 g/mol. The molecule has 4 heteroatoms. The number of ether oxygens (including phenoxy) is 1. The zero-order chi connectivity index (χ0) is 19.5. The molecule has 1 aliphatic heterocycles. The van der Waals surface area contributed by atoms with Crippen LogP contribution in [-0.2, 0) is 9.53 Å². The summed E-state index contributed by atoms with van der Waals surface area (Å²) in [6.07, 6.45) is 3.90. The van der Waals surface area contributed by atoms with Crippen LogP contribution < -0.4 is 4.90 Å². The highest BCUT2D eigenvalue weighted by Gasteiger charge is 2.36. The quantitative estimate of drug-likeness (QED) is 0.580. The first-order valence-electron chi connectivity index (χ1n) is 9.13. The smallest absolute Gasteiger partial charge is 0.333 e. The number of benzene rings is 3. The number of esters is 1. The summed E-state index contributed by atoms with van der Waals surface area (Å²) in [5.41, 5.74) is 3.14. The normalized spacial score (nSPS) is 16.4. The standard InChI is InChI=1S/C24H20FNO2/c1-28-24(27)23(18-10-3-2-4-11-18)26-21-14-8-5-9-17(21)15-16-22(26)19-12-6-7-13-20(19)25/h2-16,22-23H,1H3/t22-,23+/m1/s1. The molecule has 0 fully saturated rings. The third-order valence-corrected chi connectivity index (χ3v) is 5.01. The number of carbonyl (C=O) groups is 1. The van der Waals surface area contributed by atoms with Gasteiger partial charge in [-0.25, -0.2) is 9.18 Å². The summed E-state index contributed by atoms with van der Waals surface area (Å²) in [7, 11) is 1.38. The Balaban J connectivity index is 1.93. The van der Waals surface area contributed by atoms with Crippen LogP contribution in [0.3, 0.4) is 0 Å². The monoisotopic (exact) mass is 373 g/mol. The van der Waals surface area contributed by atoms with Crippen LogP contribution in [0.15, 0.2) is 84.9 Å². The highest BCUT2D eigenvalue weighted by atomic mass is 19.1. The minimum Gasteiger partial charge on any atom is -0.467 e. The molecule has 1 aliphatic rings. The van der Waals surface area contributed by atoms with E-state index in [-0.39, 0.29) is 5.82 Å². The largest absolute Gasteiger partial charge is 0.467 e. The molecule has 0 radical (unpaired) electrons. The summed E-state index contributed by atoms with van der Waals surface area (Å²) in [6, 6.07) is 22.8. The number of para-hydroxylation sites is 1. The maximum Gasteiger partial charge on any atom is 0.333 e. The molecule has 0 N–H and O–H groups in total. The summed E-state index contributed by atoms with van der Waals surface area (Å²) in [5.74, 6) is -0.698. The van der Waals surface area contributed by atoms with E-state index in [0.29, 0.717) is 5.56 Å². The predicted molar refractivity (Wildman–Crippen MR) is 108 cm³/mol. The second kappa shape index (κ2) is 7.69. The lowest BCUT2D eigenvalue weighted by Gasteiger charge is -2.40. The van der Waals surface area contributed by atoms with Crippen LogP contribution in [0.1, 0.15) is 28.8 Å². The van der Waals surface area contributed by atoms with E-state index in [1.165, 1.54) is 13.2 Å². The number of methoxy groups -OCH3 is 1. The molecule has 4 rings (SSSR count). The number of nitrogens with zero attached hydrogens (tertiary/aromatic N) is 1. The van der Waals surface area contributed by atoms with Crippen molar-refractivity contribution in [1.29, 1.82) is 0 Å². The van der Waals surface area contributed by atoms with Crippen molar-refractivity contribution in [3.63, 3.8) is 0 Å². The molecule has 140 valence electrons. The van der Waals surface area contributed by atoms with Crippen molar-refractivity contribution in [2.45, 2.75) is 12.1 Å². The first-order chi connectivity index (χ1) is 13.7. The van der Waals surface area contributed by atoms with Gasteiger partial charge in [0.25, 0.3) is 0 Å². The molecule has 0 bridgehead atoms. The van der Waals surface area contributed by atoms with E-state index in [2.05, 4.69) is 0 Å². The number of carbonyl (C=O) groups excluding carboxylic acids is 1. The van der Waals surface area contributed by atoms with Crippen molar-refractivity contribution in [2.75, 3.05) is 12.0 Å². The molecule has 0 spiro atoms. The fraction of sp³-hybridized carbons (Fsp3) is 0.125. The number of fused-ring (bicyclic) bond motifs is 1. The highest BCUT2D eigenvalue weighted by molar-refractivity contribution is 5.85. The Morgan fingerprint density at radius 3 is 2.39 bits per heavy atom. The summed E-state index contributed by atoms with van der Waals surface area (Å²) in [4.78, 5) is 14.8. The highest BCUT2D eigenvalue weighted by Crippen LogP contribution is 2.43. The lowest BCUT2D eigenvalue weighted by molar-refractivity contribution is -0.142. The number of halogens is 1. The number of hydrogen-bond donors (Lipinski definition) is 0. The fourth-order valence-corrected chi connectivity index (χ4v) is 3.73. The molecule has 0 amide bonds. The maximum absolute atomic E-state index is 14.7. The van der Waals surface area contributed by atoms with Crippen molar-refractivity contribution >= 4 is 17.7 Å². The van der Waals surface area contributed by atoms with Crippen LogP contribution in [0.2, 0.25) is 0 Å². The van der Waals surface area contributed by atoms with Gasteiger partial charge in [-0.3, -0.25) is 0 Å². The van der Waals surface area contributed by atoms with Crippen molar-refractivity contribution in [2.24, 2.45) is 0 Å². The summed E-state index contributed by atoms with van der Waals surface area (Å²) in [5, 5.41) is 0. The molecule has 3 nitrogen and oxygen atoms in total. The molecular weight excluding hydrogens is 353 g/mol.